The second-order valence-corrected chi connectivity index (χ2v) is 5.38. The lowest BCUT2D eigenvalue weighted by molar-refractivity contribution is 0.604. The second kappa shape index (κ2) is 7.98. The predicted octanol–water partition coefficient (Wildman–Crippen LogP) is 2.45. The van der Waals surface area contributed by atoms with E-state index >= 15 is 0 Å². The van der Waals surface area contributed by atoms with Gasteiger partial charge >= 0.3 is 0 Å². The summed E-state index contributed by atoms with van der Waals surface area (Å²) in [5.74, 6) is -1.45. The molecule has 5 N–H and O–H groups in total. The fraction of sp³-hybridized carbons (Fsp3) is 0.188. The second-order valence-electron chi connectivity index (χ2n) is 5.38. The van der Waals surface area contributed by atoms with Crippen LogP contribution < -0.4 is 16.4 Å². The summed E-state index contributed by atoms with van der Waals surface area (Å²) in [5.41, 5.74) is 5.79. The molecule has 0 aliphatic carbocycles. The number of hydrogen-bond donors (Lipinski definition) is 4. The molecule has 0 spiro atoms. The maximum Gasteiger partial charge on any atom is 0.170 e. The van der Waals surface area contributed by atoms with E-state index in [0.29, 0.717) is 5.70 Å². The molecule has 2 aromatic rings. The van der Waals surface area contributed by atoms with Gasteiger partial charge in [0.05, 0.1) is 24.0 Å². The first-order valence-electron chi connectivity index (χ1n) is 7.44. The van der Waals surface area contributed by atoms with Crippen LogP contribution in [0.4, 0.5) is 20.4 Å². The third kappa shape index (κ3) is 4.70. The highest BCUT2D eigenvalue weighted by molar-refractivity contribution is 6.01. The van der Waals surface area contributed by atoms with Gasteiger partial charge in [-0.25, -0.2) is 23.7 Å². The molecule has 26 heavy (non-hydrogen) atoms. The molecular weight excluding hydrogens is 342 g/mol. The van der Waals surface area contributed by atoms with Crippen molar-refractivity contribution in [2.45, 2.75) is 19.9 Å². The minimum absolute atomic E-state index is 0.0425. The highest BCUT2D eigenvalue weighted by Gasteiger charge is 2.16. The van der Waals surface area contributed by atoms with E-state index in [9.17, 15) is 14.0 Å². The molecule has 0 aliphatic heterocycles. The summed E-state index contributed by atoms with van der Waals surface area (Å²) < 4.78 is 27.0. The Morgan fingerprint density at radius 1 is 1.35 bits per heavy atom. The number of allylic oxidation sites excluding steroid dienone is 1. The fourth-order valence-corrected chi connectivity index (χ4v) is 1.98. The van der Waals surface area contributed by atoms with E-state index in [0.717, 1.165) is 18.5 Å². The van der Waals surface area contributed by atoms with E-state index in [2.05, 4.69) is 25.6 Å². The number of nitriles is 1. The van der Waals surface area contributed by atoms with Gasteiger partial charge in [0, 0.05) is 5.70 Å². The maximum absolute atomic E-state index is 14.1. The zero-order chi connectivity index (χ0) is 19.3. The van der Waals surface area contributed by atoms with Crippen molar-refractivity contribution in [1.82, 2.24) is 15.0 Å². The predicted molar refractivity (Wildman–Crippen MR) is 92.2 cm³/mol. The van der Waals surface area contributed by atoms with Gasteiger partial charge in [-0.2, -0.15) is 5.26 Å². The van der Waals surface area contributed by atoms with Crippen LogP contribution >= 0.6 is 0 Å². The molecule has 0 amide bonds. The van der Waals surface area contributed by atoms with E-state index in [1.54, 1.807) is 13.8 Å². The Balaban J connectivity index is 2.30. The molecule has 10 heteroatoms. The molecule has 1 unspecified atom stereocenters. The normalized spacial score (nSPS) is 12.2. The molecule has 1 atom stereocenters. The first-order valence-corrected chi connectivity index (χ1v) is 7.44. The number of nitrogens with one attached hydrogen (secondary N) is 3. The van der Waals surface area contributed by atoms with Crippen molar-refractivity contribution in [3.05, 3.63) is 53.3 Å². The van der Waals surface area contributed by atoms with Gasteiger partial charge in [-0.15, -0.1) is 0 Å². The van der Waals surface area contributed by atoms with Gasteiger partial charge in [0.15, 0.2) is 17.5 Å². The molecule has 134 valence electrons. The first-order chi connectivity index (χ1) is 12.3. The first kappa shape index (κ1) is 18.7. The summed E-state index contributed by atoms with van der Waals surface area (Å²) in [4.78, 5) is 11.7. The summed E-state index contributed by atoms with van der Waals surface area (Å²) in [7, 11) is 0. The van der Waals surface area contributed by atoms with E-state index < -0.39 is 17.7 Å². The van der Waals surface area contributed by atoms with Crippen LogP contribution in [0, 0.1) is 28.4 Å². The van der Waals surface area contributed by atoms with Gasteiger partial charge in [0.25, 0.3) is 0 Å². The average Bonchev–Trinajstić information content (AvgIpc) is 2.57. The van der Waals surface area contributed by atoms with E-state index in [-0.39, 0.29) is 28.9 Å². The smallest absolute Gasteiger partial charge is 0.170 e. The van der Waals surface area contributed by atoms with Crippen LogP contribution in [0.2, 0.25) is 0 Å². The number of aromatic nitrogens is 3. The number of amidine groups is 1. The number of pyridine rings is 1. The van der Waals surface area contributed by atoms with Crippen molar-refractivity contribution in [1.29, 1.82) is 10.7 Å². The maximum atomic E-state index is 14.1. The van der Waals surface area contributed by atoms with Crippen LogP contribution in [0.3, 0.4) is 0 Å². The van der Waals surface area contributed by atoms with Crippen LogP contribution in [0.25, 0.3) is 0 Å². The lowest BCUT2D eigenvalue weighted by Crippen LogP contribution is -2.16. The van der Waals surface area contributed by atoms with Crippen molar-refractivity contribution in [3.8, 4) is 6.07 Å². The lowest BCUT2D eigenvalue weighted by atomic mass is 10.2. The van der Waals surface area contributed by atoms with Crippen LogP contribution in [0.15, 0.2) is 30.2 Å². The zero-order valence-electron chi connectivity index (χ0n) is 14.0. The molecular formula is C16H16F2N8. The van der Waals surface area contributed by atoms with Gasteiger partial charge in [0.1, 0.15) is 23.5 Å². The Bertz CT molecular complexity index is 882. The third-order valence-electron chi connectivity index (χ3n) is 3.10. The monoisotopic (exact) mass is 358 g/mol. The third-order valence-corrected chi connectivity index (χ3v) is 3.10. The van der Waals surface area contributed by atoms with Crippen LogP contribution in [0.5, 0.6) is 0 Å². The number of halogens is 2. The van der Waals surface area contributed by atoms with Gasteiger partial charge in [0.2, 0.25) is 0 Å². The van der Waals surface area contributed by atoms with Crippen molar-refractivity contribution >= 4 is 17.5 Å². The molecule has 2 rings (SSSR count). The Morgan fingerprint density at radius 2 is 2.00 bits per heavy atom. The highest BCUT2D eigenvalue weighted by Crippen LogP contribution is 2.23. The van der Waals surface area contributed by atoms with Crippen molar-refractivity contribution < 1.29 is 8.78 Å². The van der Waals surface area contributed by atoms with Crippen molar-refractivity contribution in [2.75, 3.05) is 10.6 Å². The molecule has 0 aromatic carbocycles. The van der Waals surface area contributed by atoms with Crippen LogP contribution in [0.1, 0.15) is 31.3 Å². The van der Waals surface area contributed by atoms with Gasteiger partial charge in [-0.05, 0) is 26.0 Å². The molecule has 0 aliphatic rings. The Kier molecular flexibility index (Phi) is 5.74. The SMILES string of the molecule is C/C(N)=C/C(=N)Nc1nc(NC(C)c2ncc(F)cn2)c(C#N)cc1F. The fourth-order valence-electron chi connectivity index (χ4n) is 1.98. The summed E-state index contributed by atoms with van der Waals surface area (Å²) in [6, 6.07) is 2.30. The quantitative estimate of drug-likeness (QED) is 0.476. The Morgan fingerprint density at radius 3 is 2.58 bits per heavy atom. The lowest BCUT2D eigenvalue weighted by Gasteiger charge is -2.15. The largest absolute Gasteiger partial charge is 0.402 e. The Labute approximate surface area is 148 Å². The summed E-state index contributed by atoms with van der Waals surface area (Å²) in [6.45, 7) is 3.26. The van der Waals surface area contributed by atoms with E-state index in [1.807, 2.05) is 6.07 Å². The summed E-state index contributed by atoms with van der Waals surface area (Å²) in [6.07, 6.45) is 3.32. The summed E-state index contributed by atoms with van der Waals surface area (Å²) in [5, 5.41) is 22.2. The molecule has 2 heterocycles. The van der Waals surface area contributed by atoms with Crippen molar-refractivity contribution in [2.24, 2.45) is 5.73 Å². The molecule has 0 saturated heterocycles. The van der Waals surface area contributed by atoms with Crippen LogP contribution in [-0.2, 0) is 0 Å². The molecule has 2 aromatic heterocycles. The molecule has 8 nitrogen and oxygen atoms in total. The van der Waals surface area contributed by atoms with Gasteiger partial charge in [-0.3, -0.25) is 5.41 Å². The van der Waals surface area contributed by atoms with E-state index in [1.165, 1.54) is 6.08 Å². The average molecular weight is 358 g/mol. The Hall–Kier alpha value is -3.61. The summed E-state index contributed by atoms with van der Waals surface area (Å²) >= 11 is 0. The highest BCUT2D eigenvalue weighted by atomic mass is 19.1. The van der Waals surface area contributed by atoms with Crippen molar-refractivity contribution in [3.63, 3.8) is 0 Å². The number of nitrogens with two attached hydrogens (primary N) is 1. The van der Waals surface area contributed by atoms with Gasteiger partial charge < -0.3 is 16.4 Å². The standard InChI is InChI=1S/C16H16F2N8/c1-8(20)3-13(21)25-16-12(18)4-10(5-19)15(26-16)24-9(2)14-22-6-11(17)7-23-14/h3-4,6-7,9H,20H2,1-2H3,(H3,21,24,25,26)/b8-3-. The number of rotatable bonds is 5. The minimum atomic E-state index is -0.800. The minimum Gasteiger partial charge on any atom is -0.402 e. The van der Waals surface area contributed by atoms with Crippen LogP contribution in [-0.4, -0.2) is 20.8 Å². The number of nitrogens with zero attached hydrogens (tertiary/aromatic N) is 4. The zero-order valence-corrected chi connectivity index (χ0v) is 14.0. The van der Waals surface area contributed by atoms with Gasteiger partial charge in [-0.1, -0.05) is 0 Å². The molecule has 0 bridgehead atoms. The number of hydrogen-bond acceptors (Lipinski definition) is 7. The molecule has 0 fully saturated rings. The molecule has 0 saturated carbocycles. The van der Waals surface area contributed by atoms with E-state index in [4.69, 9.17) is 11.1 Å². The molecule has 0 radical (unpaired) electrons. The topological polar surface area (TPSA) is 136 Å². The number of anilines is 2.